The highest BCUT2D eigenvalue weighted by Gasteiger charge is 2.58. The van der Waals surface area contributed by atoms with Crippen LogP contribution in [-0.4, -0.2) is 53.7 Å². The van der Waals surface area contributed by atoms with Gasteiger partial charge in [-0.2, -0.15) is 0 Å². The number of hydrogen-bond acceptors (Lipinski definition) is 4. The number of rotatable bonds is 4. The molecule has 3 aliphatic heterocycles. The lowest BCUT2D eigenvalue weighted by atomic mass is 9.64. The minimum absolute atomic E-state index is 0.103. The Labute approximate surface area is 102 Å². The molecule has 96 valence electrons. The van der Waals surface area contributed by atoms with Gasteiger partial charge in [0.25, 0.3) is 0 Å². The van der Waals surface area contributed by atoms with E-state index in [1.807, 2.05) is 6.92 Å². The predicted octanol–water partition coefficient (Wildman–Crippen LogP) is 0.581. The molecule has 4 heteroatoms. The van der Waals surface area contributed by atoms with Crippen molar-refractivity contribution >= 4 is 5.78 Å². The summed E-state index contributed by atoms with van der Waals surface area (Å²) in [4.78, 5) is 14.8. The molecule has 4 aliphatic rings. The van der Waals surface area contributed by atoms with Crippen molar-refractivity contribution in [2.75, 3.05) is 26.3 Å². The van der Waals surface area contributed by atoms with E-state index in [1.165, 1.54) is 0 Å². The van der Waals surface area contributed by atoms with Gasteiger partial charge in [0, 0.05) is 18.5 Å². The Bertz CT molecular complexity index is 332. The molecule has 0 aromatic heterocycles. The summed E-state index contributed by atoms with van der Waals surface area (Å²) in [7, 11) is 0. The monoisotopic (exact) mass is 239 g/mol. The van der Waals surface area contributed by atoms with E-state index in [-0.39, 0.29) is 17.8 Å². The third kappa shape index (κ3) is 1.65. The Balaban J connectivity index is 1.83. The van der Waals surface area contributed by atoms with Gasteiger partial charge >= 0.3 is 0 Å². The van der Waals surface area contributed by atoms with Crippen molar-refractivity contribution in [3.05, 3.63) is 0 Å². The molecule has 4 nitrogen and oxygen atoms in total. The first-order valence-electron chi connectivity index (χ1n) is 6.63. The molecule has 3 heterocycles. The fourth-order valence-corrected chi connectivity index (χ4v) is 3.23. The molecule has 1 aliphatic carbocycles. The van der Waals surface area contributed by atoms with Crippen LogP contribution in [0.25, 0.3) is 0 Å². The summed E-state index contributed by atoms with van der Waals surface area (Å²) in [6.07, 6.45) is 4.40. The molecule has 0 unspecified atom stereocenters. The Hall–Kier alpha value is -0.450. The van der Waals surface area contributed by atoms with Crippen LogP contribution in [0.15, 0.2) is 0 Å². The van der Waals surface area contributed by atoms with Crippen molar-refractivity contribution in [2.24, 2.45) is 5.41 Å². The van der Waals surface area contributed by atoms with Crippen LogP contribution in [0.1, 0.15) is 32.6 Å². The van der Waals surface area contributed by atoms with Gasteiger partial charge in [0.2, 0.25) is 0 Å². The molecule has 0 spiro atoms. The molecular weight excluding hydrogens is 218 g/mol. The highest BCUT2D eigenvalue weighted by Crippen LogP contribution is 2.45. The topological polar surface area (TPSA) is 49.8 Å². The molecule has 1 saturated carbocycles. The summed E-state index contributed by atoms with van der Waals surface area (Å²) < 4.78 is 5.73. The van der Waals surface area contributed by atoms with Crippen LogP contribution in [-0.2, 0) is 9.53 Å². The zero-order valence-corrected chi connectivity index (χ0v) is 10.4. The van der Waals surface area contributed by atoms with Gasteiger partial charge in [-0.1, -0.05) is 6.92 Å². The lowest BCUT2D eigenvalue weighted by Gasteiger charge is -2.56. The number of nitrogens with zero attached hydrogens (tertiary/aromatic N) is 1. The Morgan fingerprint density at radius 2 is 2.06 bits per heavy atom. The van der Waals surface area contributed by atoms with Gasteiger partial charge in [-0.25, -0.2) is 0 Å². The number of fused-ring (bicyclic) bond motifs is 3. The molecular formula is C13H21NO3. The lowest BCUT2D eigenvalue weighted by molar-refractivity contribution is -0.170. The van der Waals surface area contributed by atoms with Crippen molar-refractivity contribution in [3.8, 4) is 0 Å². The van der Waals surface area contributed by atoms with Crippen molar-refractivity contribution < 1.29 is 14.6 Å². The number of ether oxygens (including phenoxy) is 1. The number of piperidine rings is 3. The molecule has 0 aromatic carbocycles. The quantitative estimate of drug-likeness (QED) is 0.779. The lowest BCUT2D eigenvalue weighted by Crippen LogP contribution is -2.72. The van der Waals surface area contributed by atoms with Gasteiger partial charge in [-0.3, -0.25) is 9.69 Å². The zero-order valence-electron chi connectivity index (χ0n) is 10.4. The van der Waals surface area contributed by atoms with Gasteiger partial charge in [0.1, 0.15) is 5.54 Å². The first-order valence-corrected chi connectivity index (χ1v) is 6.63. The van der Waals surface area contributed by atoms with Crippen LogP contribution in [0.3, 0.4) is 0 Å². The fraction of sp³-hybridized carbons (Fsp3) is 0.923. The van der Waals surface area contributed by atoms with Crippen molar-refractivity contribution in [2.45, 2.75) is 44.2 Å². The van der Waals surface area contributed by atoms with Gasteiger partial charge in [-0.05, 0) is 25.7 Å². The first kappa shape index (κ1) is 11.6. The normalized spacial score (nSPS) is 45.3. The summed E-state index contributed by atoms with van der Waals surface area (Å²) in [5.41, 5.74) is -0.974. The minimum atomic E-state index is -0.742. The maximum absolute atomic E-state index is 12.6. The summed E-state index contributed by atoms with van der Waals surface area (Å²) in [6, 6.07) is 0. The maximum atomic E-state index is 12.6. The molecule has 3 saturated heterocycles. The van der Waals surface area contributed by atoms with Crippen LogP contribution in [0.2, 0.25) is 0 Å². The van der Waals surface area contributed by atoms with Gasteiger partial charge < -0.3 is 9.84 Å². The summed E-state index contributed by atoms with van der Waals surface area (Å²) in [5.74, 6) is 0.200. The number of ketones is 1. The molecule has 0 amide bonds. The number of Topliss-reactive ketones (excluding diaryl/α,β-unsaturated/α-hetero) is 1. The highest BCUT2D eigenvalue weighted by atomic mass is 16.5. The molecule has 4 rings (SSSR count). The largest absolute Gasteiger partial charge is 0.394 e. The van der Waals surface area contributed by atoms with E-state index in [1.54, 1.807) is 0 Å². The number of carbonyl (C=O) groups is 1. The van der Waals surface area contributed by atoms with Crippen LogP contribution in [0, 0.1) is 5.41 Å². The van der Waals surface area contributed by atoms with E-state index in [0.717, 1.165) is 38.8 Å². The number of aliphatic hydroxyl groups excluding tert-OH is 1. The van der Waals surface area contributed by atoms with E-state index in [9.17, 15) is 9.90 Å². The maximum Gasteiger partial charge on any atom is 0.163 e. The summed E-state index contributed by atoms with van der Waals surface area (Å²) in [5, 5.41) is 9.74. The Morgan fingerprint density at radius 1 is 1.41 bits per heavy atom. The van der Waals surface area contributed by atoms with E-state index in [0.29, 0.717) is 12.7 Å². The fourth-order valence-electron chi connectivity index (χ4n) is 3.23. The summed E-state index contributed by atoms with van der Waals surface area (Å²) in [6.45, 7) is 4.15. The van der Waals surface area contributed by atoms with Gasteiger partial charge in [0.05, 0.1) is 19.3 Å². The molecule has 2 bridgehead atoms. The average Bonchev–Trinajstić information content (AvgIpc) is 3.15. The van der Waals surface area contributed by atoms with Crippen LogP contribution in [0.4, 0.5) is 0 Å². The zero-order chi connectivity index (χ0) is 12.1. The standard InChI is InChI=1S/C13H21NO3/c1-12-4-6-14(7-5-12)13(8-15,11(12)16)9-17-10-2-3-10/h10,15H,2-9H2,1H3/t13-/m0/s1. The van der Waals surface area contributed by atoms with Crippen molar-refractivity contribution in [1.29, 1.82) is 0 Å². The molecule has 4 fully saturated rings. The van der Waals surface area contributed by atoms with Gasteiger partial charge in [0.15, 0.2) is 5.78 Å². The third-order valence-corrected chi connectivity index (χ3v) is 4.79. The Morgan fingerprint density at radius 3 is 2.59 bits per heavy atom. The van der Waals surface area contributed by atoms with Crippen molar-refractivity contribution in [1.82, 2.24) is 4.90 Å². The van der Waals surface area contributed by atoms with E-state index < -0.39 is 5.54 Å². The van der Waals surface area contributed by atoms with Gasteiger partial charge in [-0.15, -0.1) is 0 Å². The predicted molar refractivity (Wildman–Crippen MR) is 62.7 cm³/mol. The second-order valence-corrected chi connectivity index (χ2v) is 6.08. The third-order valence-electron chi connectivity index (χ3n) is 4.79. The van der Waals surface area contributed by atoms with Crippen molar-refractivity contribution in [3.63, 3.8) is 0 Å². The SMILES string of the molecule is CC12CCN(CC1)[C@@](CO)(COC1CC1)C2=O. The average molecular weight is 239 g/mol. The molecule has 1 atom stereocenters. The van der Waals surface area contributed by atoms with E-state index >= 15 is 0 Å². The Kier molecular flexibility index (Phi) is 2.58. The number of hydrogen-bond donors (Lipinski definition) is 1. The molecule has 1 N–H and O–H groups in total. The number of aliphatic hydroxyl groups is 1. The molecule has 0 radical (unpaired) electrons. The van der Waals surface area contributed by atoms with E-state index in [4.69, 9.17) is 4.74 Å². The van der Waals surface area contributed by atoms with Crippen LogP contribution < -0.4 is 0 Å². The van der Waals surface area contributed by atoms with Crippen LogP contribution in [0.5, 0.6) is 0 Å². The van der Waals surface area contributed by atoms with E-state index in [2.05, 4.69) is 4.90 Å². The highest BCUT2D eigenvalue weighted by molar-refractivity contribution is 5.95. The van der Waals surface area contributed by atoms with Crippen LogP contribution >= 0.6 is 0 Å². The first-order chi connectivity index (χ1) is 8.11. The molecule has 0 aromatic rings. The number of carbonyl (C=O) groups excluding carboxylic acids is 1. The second kappa shape index (κ2) is 3.77. The molecule has 17 heavy (non-hydrogen) atoms. The second-order valence-electron chi connectivity index (χ2n) is 6.08. The minimum Gasteiger partial charge on any atom is -0.394 e. The summed E-state index contributed by atoms with van der Waals surface area (Å²) >= 11 is 0. The smallest absolute Gasteiger partial charge is 0.163 e.